The predicted octanol–water partition coefficient (Wildman–Crippen LogP) is 0.967. The number of nitrogens with one attached hydrogen (secondary N) is 2. The average molecular weight is 504 g/mol. The topological polar surface area (TPSA) is 148 Å². The summed E-state index contributed by atoms with van der Waals surface area (Å²) in [5.74, 6) is -1.13. The molecule has 0 bridgehead atoms. The molecule has 0 fully saturated rings. The van der Waals surface area contributed by atoms with E-state index in [9.17, 15) is 19.2 Å². The number of methoxy groups -OCH3 is 4. The number of hydrogen-bond donors (Lipinski definition) is 2. The van der Waals surface area contributed by atoms with E-state index in [1.165, 1.54) is 52.7 Å². The Morgan fingerprint density at radius 1 is 0.611 bits per heavy atom. The first-order valence-electron chi connectivity index (χ1n) is 10.6. The zero-order chi connectivity index (χ0) is 26.5. The van der Waals surface area contributed by atoms with Crippen LogP contribution in [0.3, 0.4) is 0 Å². The first kappa shape index (κ1) is 27.8. The van der Waals surface area contributed by atoms with Crippen molar-refractivity contribution in [3.05, 3.63) is 47.5 Å². The van der Waals surface area contributed by atoms with Gasteiger partial charge in [-0.2, -0.15) is 0 Å². The van der Waals surface area contributed by atoms with Crippen LogP contribution in [-0.4, -0.2) is 78.5 Å². The molecule has 0 unspecified atom stereocenters. The third-order valence-corrected chi connectivity index (χ3v) is 4.70. The normalized spacial score (nSPS) is 10.0. The summed E-state index contributed by atoms with van der Waals surface area (Å²) in [6.07, 6.45) is 0. The molecule has 0 aromatic heterocycles. The summed E-state index contributed by atoms with van der Waals surface area (Å²) in [6, 6.07) is 9.09. The van der Waals surface area contributed by atoms with E-state index in [-0.39, 0.29) is 35.7 Å². The van der Waals surface area contributed by atoms with Crippen LogP contribution >= 0.6 is 0 Å². The minimum atomic E-state index is -0.742. The number of amides is 2. The second kappa shape index (κ2) is 14.0. The Balaban J connectivity index is 1.68. The molecule has 0 heterocycles. The van der Waals surface area contributed by atoms with Crippen LogP contribution in [0.15, 0.2) is 36.4 Å². The van der Waals surface area contributed by atoms with E-state index in [1.54, 1.807) is 12.1 Å². The molecule has 2 aromatic carbocycles. The molecule has 194 valence electrons. The van der Waals surface area contributed by atoms with Gasteiger partial charge in [-0.15, -0.1) is 0 Å². The number of ether oxygens (including phenoxy) is 6. The SMILES string of the molecule is COc1ccc(C(=O)OCC(=O)NCCNC(=O)COC(=O)c2ccc(OC)cc2OC)c(OC)c1. The molecule has 0 spiro atoms. The fourth-order valence-electron chi connectivity index (χ4n) is 2.86. The monoisotopic (exact) mass is 504 g/mol. The Labute approximate surface area is 207 Å². The summed E-state index contributed by atoms with van der Waals surface area (Å²) in [7, 11) is 5.74. The van der Waals surface area contributed by atoms with E-state index in [4.69, 9.17) is 28.4 Å². The van der Waals surface area contributed by atoms with Crippen molar-refractivity contribution in [1.29, 1.82) is 0 Å². The highest BCUT2D eigenvalue weighted by molar-refractivity contribution is 5.95. The highest BCUT2D eigenvalue weighted by atomic mass is 16.5. The van der Waals surface area contributed by atoms with Crippen molar-refractivity contribution in [2.45, 2.75) is 0 Å². The van der Waals surface area contributed by atoms with Gasteiger partial charge in [0.2, 0.25) is 0 Å². The zero-order valence-corrected chi connectivity index (χ0v) is 20.4. The van der Waals surface area contributed by atoms with E-state index in [1.807, 2.05) is 0 Å². The van der Waals surface area contributed by atoms with Crippen LogP contribution in [0.1, 0.15) is 20.7 Å². The molecule has 0 atom stereocenters. The second-order valence-electron chi connectivity index (χ2n) is 6.98. The third kappa shape index (κ3) is 8.08. The quantitative estimate of drug-likeness (QED) is 0.299. The van der Waals surface area contributed by atoms with E-state index in [0.717, 1.165) is 0 Å². The van der Waals surface area contributed by atoms with Gasteiger partial charge in [0.15, 0.2) is 13.2 Å². The summed E-state index contributed by atoms with van der Waals surface area (Å²) in [5, 5.41) is 4.98. The molecule has 12 nitrogen and oxygen atoms in total. The summed E-state index contributed by atoms with van der Waals surface area (Å²) in [4.78, 5) is 48.3. The minimum Gasteiger partial charge on any atom is -0.497 e. The predicted molar refractivity (Wildman–Crippen MR) is 126 cm³/mol. The van der Waals surface area contributed by atoms with E-state index in [2.05, 4.69) is 10.6 Å². The molecular weight excluding hydrogens is 476 g/mol. The van der Waals surface area contributed by atoms with Gasteiger partial charge in [0.25, 0.3) is 11.8 Å². The van der Waals surface area contributed by atoms with E-state index in [0.29, 0.717) is 11.5 Å². The first-order valence-corrected chi connectivity index (χ1v) is 10.6. The van der Waals surface area contributed by atoms with Crippen LogP contribution in [0.25, 0.3) is 0 Å². The first-order chi connectivity index (χ1) is 17.3. The highest BCUT2D eigenvalue weighted by Crippen LogP contribution is 2.26. The number of benzene rings is 2. The van der Waals surface area contributed by atoms with Crippen molar-refractivity contribution in [2.24, 2.45) is 0 Å². The molecule has 2 aromatic rings. The Morgan fingerprint density at radius 2 is 1.00 bits per heavy atom. The fourth-order valence-corrected chi connectivity index (χ4v) is 2.86. The summed E-state index contributed by atoms with van der Waals surface area (Å²) < 4.78 is 30.4. The van der Waals surface area contributed by atoms with Gasteiger partial charge in [-0.1, -0.05) is 0 Å². The molecule has 2 rings (SSSR count). The van der Waals surface area contributed by atoms with Crippen LogP contribution in [-0.2, 0) is 19.1 Å². The van der Waals surface area contributed by atoms with E-state index >= 15 is 0 Å². The lowest BCUT2D eigenvalue weighted by atomic mass is 10.2. The number of carbonyl (C=O) groups is 4. The zero-order valence-electron chi connectivity index (χ0n) is 20.4. The van der Waals surface area contributed by atoms with Crippen molar-refractivity contribution in [3.8, 4) is 23.0 Å². The maximum absolute atomic E-state index is 12.2. The lowest BCUT2D eigenvalue weighted by Crippen LogP contribution is -2.38. The van der Waals surface area contributed by atoms with Gasteiger partial charge in [-0.05, 0) is 24.3 Å². The molecule has 2 amide bonds. The van der Waals surface area contributed by atoms with Crippen molar-refractivity contribution in [3.63, 3.8) is 0 Å². The van der Waals surface area contributed by atoms with Crippen molar-refractivity contribution in [2.75, 3.05) is 54.7 Å². The largest absolute Gasteiger partial charge is 0.497 e. The summed E-state index contributed by atoms with van der Waals surface area (Å²) in [6.45, 7) is -0.922. The standard InChI is InChI=1S/C24H28N2O10/c1-31-15-5-7-17(19(11-15)33-3)23(29)35-13-21(27)25-9-10-26-22(28)14-36-24(30)18-8-6-16(32-2)12-20(18)34-4/h5-8,11-12H,9-10,13-14H2,1-4H3,(H,25,27)(H,26,28). The van der Waals surface area contributed by atoms with Crippen molar-refractivity contribution < 1.29 is 47.6 Å². The van der Waals surface area contributed by atoms with Gasteiger partial charge in [-0.25, -0.2) is 9.59 Å². The van der Waals surface area contributed by atoms with Gasteiger partial charge in [0.1, 0.15) is 34.1 Å². The van der Waals surface area contributed by atoms with Gasteiger partial charge < -0.3 is 39.1 Å². The minimum absolute atomic E-state index is 0.0637. The summed E-state index contributed by atoms with van der Waals surface area (Å²) >= 11 is 0. The fraction of sp³-hybridized carbons (Fsp3) is 0.333. The molecular formula is C24H28N2O10. The highest BCUT2D eigenvalue weighted by Gasteiger charge is 2.17. The van der Waals surface area contributed by atoms with Crippen molar-refractivity contribution in [1.82, 2.24) is 10.6 Å². The third-order valence-electron chi connectivity index (χ3n) is 4.70. The molecule has 36 heavy (non-hydrogen) atoms. The maximum Gasteiger partial charge on any atom is 0.342 e. The molecule has 0 saturated heterocycles. The Morgan fingerprint density at radius 3 is 1.33 bits per heavy atom. The Kier molecular flexibility index (Phi) is 10.8. The second-order valence-corrected chi connectivity index (χ2v) is 6.98. The number of rotatable bonds is 13. The van der Waals surface area contributed by atoms with Gasteiger partial charge in [0.05, 0.1) is 28.4 Å². The van der Waals surface area contributed by atoms with Crippen LogP contribution in [0, 0.1) is 0 Å². The Bertz CT molecular complexity index is 1000. The molecule has 0 radical (unpaired) electrons. The van der Waals surface area contributed by atoms with E-state index < -0.39 is 37.0 Å². The smallest absolute Gasteiger partial charge is 0.342 e. The molecule has 2 N–H and O–H groups in total. The average Bonchev–Trinajstić information content (AvgIpc) is 2.91. The molecule has 0 aliphatic heterocycles. The maximum atomic E-state index is 12.2. The van der Waals surface area contributed by atoms with Gasteiger partial charge in [0, 0.05) is 25.2 Å². The lowest BCUT2D eigenvalue weighted by molar-refractivity contribution is -0.125. The molecule has 0 aliphatic rings. The number of esters is 2. The summed E-state index contributed by atoms with van der Waals surface area (Å²) in [5.41, 5.74) is 0.278. The van der Waals surface area contributed by atoms with Crippen LogP contribution in [0.4, 0.5) is 0 Å². The lowest BCUT2D eigenvalue weighted by Gasteiger charge is -2.11. The molecule has 0 aliphatic carbocycles. The van der Waals surface area contributed by atoms with Crippen LogP contribution < -0.4 is 29.6 Å². The number of hydrogen-bond acceptors (Lipinski definition) is 10. The van der Waals surface area contributed by atoms with Gasteiger partial charge in [-0.3, -0.25) is 9.59 Å². The molecule has 12 heteroatoms. The van der Waals surface area contributed by atoms with Crippen LogP contribution in [0.5, 0.6) is 23.0 Å². The number of carbonyl (C=O) groups excluding carboxylic acids is 4. The molecule has 0 saturated carbocycles. The Hall–Kier alpha value is -4.48. The van der Waals surface area contributed by atoms with Crippen molar-refractivity contribution >= 4 is 23.8 Å². The van der Waals surface area contributed by atoms with Crippen LogP contribution in [0.2, 0.25) is 0 Å². The van der Waals surface area contributed by atoms with Gasteiger partial charge >= 0.3 is 11.9 Å².